The van der Waals surface area contributed by atoms with Gasteiger partial charge in [0.2, 0.25) is 0 Å². The van der Waals surface area contributed by atoms with Crippen LogP contribution in [0.15, 0.2) is 0 Å². The van der Waals surface area contributed by atoms with Gasteiger partial charge in [0.25, 0.3) is 0 Å². The average Bonchev–Trinajstić information content (AvgIpc) is 1.56. The number of phosphoric ester groups is 2. The molecule has 0 fully saturated rings. The second-order valence-electron chi connectivity index (χ2n) is 29.9. The summed E-state index contributed by atoms with van der Waals surface area (Å²) in [4.78, 5) is 73.0. The summed E-state index contributed by atoms with van der Waals surface area (Å²) in [5, 5.41) is 10.6. The molecule has 0 saturated heterocycles. The van der Waals surface area contributed by atoms with Crippen LogP contribution in [0.4, 0.5) is 0 Å². The molecule has 0 aromatic heterocycles. The summed E-state index contributed by atoms with van der Waals surface area (Å²) in [5.74, 6) is 1.03. The summed E-state index contributed by atoms with van der Waals surface area (Å²) in [6.45, 7) is 14.3. The Kier molecular flexibility index (Phi) is 66.8. The second kappa shape index (κ2) is 68.2. The van der Waals surface area contributed by atoms with E-state index in [-0.39, 0.29) is 25.7 Å². The highest BCUT2D eigenvalue weighted by molar-refractivity contribution is 7.47. The van der Waals surface area contributed by atoms with E-state index in [2.05, 4.69) is 55.4 Å². The minimum Gasteiger partial charge on any atom is -0.462 e. The van der Waals surface area contributed by atoms with Crippen LogP contribution in [0, 0.1) is 23.7 Å². The number of aliphatic hydroxyl groups excluding tert-OH is 1. The molecular formula is C79H154O17P2. The topological polar surface area (TPSA) is 237 Å². The largest absolute Gasteiger partial charge is 0.472 e. The van der Waals surface area contributed by atoms with Gasteiger partial charge in [0.1, 0.15) is 19.3 Å². The standard InChI is InChI=1S/C79H154O17P2/c1-9-71(7)57-49-41-33-25-19-15-11-12-16-20-28-36-45-53-61-78(83)95-74(65-89-76(81)59-51-43-35-27-23-22-26-34-42-50-58-72(8)10-2)67-93-97(85,86)91-63-73(80)64-92-98(87,88)94-68-75(66-90-77(82)60-52-44-38-30-32-40-48-56-70(5)6)96-79(84)62-54-46-37-29-21-17-13-14-18-24-31-39-47-55-69(3)4/h69-75,80H,9-68H2,1-8H3,(H,85,86)(H,87,88)/t71?,72?,73?,74-,75-/m1/s1. The van der Waals surface area contributed by atoms with Gasteiger partial charge in [-0.3, -0.25) is 37.3 Å². The molecule has 582 valence electrons. The van der Waals surface area contributed by atoms with Crippen molar-refractivity contribution in [1.29, 1.82) is 0 Å². The lowest BCUT2D eigenvalue weighted by atomic mass is 9.99. The second-order valence-corrected chi connectivity index (χ2v) is 32.8. The number of phosphoric acid groups is 2. The molecule has 0 aromatic rings. The van der Waals surface area contributed by atoms with Gasteiger partial charge in [0.15, 0.2) is 12.2 Å². The lowest BCUT2D eigenvalue weighted by Gasteiger charge is -2.21. The summed E-state index contributed by atoms with van der Waals surface area (Å²) < 4.78 is 68.7. The van der Waals surface area contributed by atoms with E-state index in [9.17, 15) is 43.2 Å². The highest BCUT2D eigenvalue weighted by Crippen LogP contribution is 2.45. The third kappa shape index (κ3) is 69.8. The lowest BCUT2D eigenvalue weighted by molar-refractivity contribution is -0.161. The van der Waals surface area contributed by atoms with E-state index in [0.717, 1.165) is 114 Å². The van der Waals surface area contributed by atoms with Crippen molar-refractivity contribution in [1.82, 2.24) is 0 Å². The van der Waals surface area contributed by atoms with Crippen LogP contribution in [0.3, 0.4) is 0 Å². The van der Waals surface area contributed by atoms with Gasteiger partial charge in [0, 0.05) is 25.7 Å². The van der Waals surface area contributed by atoms with Crippen molar-refractivity contribution in [3.05, 3.63) is 0 Å². The van der Waals surface area contributed by atoms with Crippen molar-refractivity contribution in [2.24, 2.45) is 23.7 Å². The predicted octanol–water partition coefficient (Wildman–Crippen LogP) is 23.2. The summed E-state index contributed by atoms with van der Waals surface area (Å²) in [7, 11) is -9.92. The fraction of sp³-hybridized carbons (Fsp3) is 0.949. The molecule has 0 spiro atoms. The Morgan fingerprint density at radius 3 is 0.724 bits per heavy atom. The van der Waals surface area contributed by atoms with Crippen LogP contribution in [-0.4, -0.2) is 96.7 Å². The number of hydrogen-bond donors (Lipinski definition) is 3. The van der Waals surface area contributed by atoms with Crippen molar-refractivity contribution in [3.63, 3.8) is 0 Å². The fourth-order valence-electron chi connectivity index (χ4n) is 12.0. The van der Waals surface area contributed by atoms with Crippen LogP contribution in [-0.2, 0) is 65.4 Å². The molecule has 0 radical (unpaired) electrons. The van der Waals surface area contributed by atoms with Crippen molar-refractivity contribution in [3.8, 4) is 0 Å². The number of hydrogen-bond acceptors (Lipinski definition) is 15. The van der Waals surface area contributed by atoms with Gasteiger partial charge in [-0.15, -0.1) is 0 Å². The Bertz CT molecular complexity index is 1920. The number of rotatable bonds is 76. The molecule has 19 heteroatoms. The summed E-state index contributed by atoms with van der Waals surface area (Å²) >= 11 is 0. The minimum absolute atomic E-state index is 0.106. The maximum absolute atomic E-state index is 13.1. The van der Waals surface area contributed by atoms with Gasteiger partial charge < -0.3 is 33.8 Å². The molecule has 0 bridgehead atoms. The van der Waals surface area contributed by atoms with Crippen molar-refractivity contribution in [2.45, 2.75) is 420 Å². The summed E-state index contributed by atoms with van der Waals surface area (Å²) in [5.41, 5.74) is 0. The van der Waals surface area contributed by atoms with Crippen molar-refractivity contribution >= 4 is 39.5 Å². The maximum atomic E-state index is 13.1. The van der Waals surface area contributed by atoms with Crippen molar-refractivity contribution < 1.29 is 80.2 Å². The average molecular weight is 1440 g/mol. The van der Waals surface area contributed by atoms with Crippen LogP contribution >= 0.6 is 15.6 Å². The normalized spacial score (nSPS) is 14.6. The quantitative estimate of drug-likeness (QED) is 0.0222. The van der Waals surface area contributed by atoms with Crippen LogP contribution in [0.5, 0.6) is 0 Å². The first-order chi connectivity index (χ1) is 47.2. The molecule has 7 atom stereocenters. The van der Waals surface area contributed by atoms with Gasteiger partial charge >= 0.3 is 39.5 Å². The first-order valence-electron chi connectivity index (χ1n) is 40.8. The number of carbonyl (C=O) groups is 4. The minimum atomic E-state index is -4.96. The Morgan fingerprint density at radius 2 is 0.490 bits per heavy atom. The Hall–Kier alpha value is -1.94. The van der Waals surface area contributed by atoms with Crippen LogP contribution < -0.4 is 0 Å². The van der Waals surface area contributed by atoms with Crippen LogP contribution in [0.25, 0.3) is 0 Å². The number of unbranched alkanes of at least 4 members (excludes halogenated alkanes) is 40. The smallest absolute Gasteiger partial charge is 0.462 e. The van der Waals surface area contributed by atoms with E-state index in [1.165, 1.54) is 199 Å². The van der Waals surface area contributed by atoms with E-state index in [1.54, 1.807) is 0 Å². The Balaban J connectivity index is 5.26. The highest BCUT2D eigenvalue weighted by Gasteiger charge is 2.30. The van der Waals surface area contributed by atoms with Gasteiger partial charge in [-0.05, 0) is 49.4 Å². The molecule has 98 heavy (non-hydrogen) atoms. The number of carbonyl (C=O) groups excluding carboxylic acids is 4. The number of aliphatic hydroxyl groups is 1. The highest BCUT2D eigenvalue weighted by atomic mass is 31.2. The summed E-state index contributed by atoms with van der Waals surface area (Å²) in [6, 6.07) is 0. The third-order valence-corrected chi connectivity index (χ3v) is 20.9. The zero-order valence-electron chi connectivity index (χ0n) is 64.4. The molecule has 0 aliphatic heterocycles. The predicted molar refractivity (Wildman–Crippen MR) is 400 cm³/mol. The van der Waals surface area contributed by atoms with Crippen LogP contribution in [0.2, 0.25) is 0 Å². The molecule has 17 nitrogen and oxygen atoms in total. The summed E-state index contributed by atoms with van der Waals surface area (Å²) in [6.07, 6.45) is 54.0. The van der Waals surface area contributed by atoms with E-state index < -0.39 is 97.5 Å². The molecule has 0 rings (SSSR count). The molecule has 3 N–H and O–H groups in total. The van der Waals surface area contributed by atoms with Crippen LogP contribution in [0.1, 0.15) is 402 Å². The van der Waals surface area contributed by atoms with Gasteiger partial charge in [-0.2, -0.15) is 0 Å². The SMILES string of the molecule is CCC(C)CCCCCCCCCCCCCCCCC(=O)O[C@H](COC(=O)CCCCCCCCCCCCC(C)CC)COP(=O)(O)OCC(O)COP(=O)(O)OC[C@@H](COC(=O)CCCCCCCCCC(C)C)OC(=O)CCCCCCCCCCCCCCCC(C)C. The van der Waals surface area contributed by atoms with Gasteiger partial charge in [0.05, 0.1) is 26.4 Å². The Morgan fingerprint density at radius 1 is 0.286 bits per heavy atom. The third-order valence-electron chi connectivity index (χ3n) is 19.0. The Labute approximate surface area is 600 Å². The maximum Gasteiger partial charge on any atom is 0.472 e. The van der Waals surface area contributed by atoms with E-state index in [4.69, 9.17) is 37.0 Å². The molecule has 0 aromatic carbocycles. The van der Waals surface area contributed by atoms with E-state index >= 15 is 0 Å². The molecule has 0 saturated carbocycles. The van der Waals surface area contributed by atoms with E-state index in [0.29, 0.717) is 31.6 Å². The molecule has 0 amide bonds. The zero-order valence-corrected chi connectivity index (χ0v) is 66.2. The van der Waals surface area contributed by atoms with Gasteiger partial charge in [-0.1, -0.05) is 351 Å². The van der Waals surface area contributed by atoms with E-state index in [1.807, 2.05) is 0 Å². The number of esters is 4. The molecule has 0 aliphatic rings. The molecule has 0 heterocycles. The van der Waals surface area contributed by atoms with Crippen molar-refractivity contribution in [2.75, 3.05) is 39.6 Å². The first-order valence-corrected chi connectivity index (χ1v) is 43.8. The number of ether oxygens (including phenoxy) is 4. The molecule has 0 aliphatic carbocycles. The monoisotopic (exact) mass is 1440 g/mol. The fourth-order valence-corrected chi connectivity index (χ4v) is 13.6. The van der Waals surface area contributed by atoms with Gasteiger partial charge in [-0.25, -0.2) is 9.13 Å². The first kappa shape index (κ1) is 96.1. The zero-order chi connectivity index (χ0) is 72.4. The molecule has 5 unspecified atom stereocenters. The lowest BCUT2D eigenvalue weighted by Crippen LogP contribution is -2.30. The molecular weight excluding hydrogens is 1280 g/mol.